The minimum absolute atomic E-state index is 0.0134. The van der Waals surface area contributed by atoms with Crippen molar-refractivity contribution in [2.45, 2.75) is 158 Å². The van der Waals surface area contributed by atoms with E-state index in [-0.39, 0.29) is 19.4 Å². The SMILES string of the molecule is CC(=O)N[C@H](CC(=O)O)C(=O)N[C@H](CO)C(=O)N[C@H](CCC(=O)O)C(=O)N[C@H](CC(=O)O)C(=O)N[C@H](CC(N)=O)C(=O)N[C@H](CCCCN)C(=O)N[C@H](CC(=O)O)C(=O)N[C@H](CCC(=O)O)C(=O)N[C@H](CCC(=O)O)C(=O)N[C@H](C)C(N)=O. The van der Waals surface area contributed by atoms with Crippen molar-refractivity contribution < 1.29 is 122 Å². The van der Waals surface area contributed by atoms with Gasteiger partial charge in [-0.2, -0.15) is 0 Å². The van der Waals surface area contributed by atoms with E-state index >= 15 is 0 Å². The number of rotatable bonds is 42. The fourth-order valence-corrected chi connectivity index (χ4v) is 6.94. The van der Waals surface area contributed by atoms with Gasteiger partial charge >= 0.3 is 35.8 Å². The zero-order valence-electron chi connectivity index (χ0n) is 44.6. The van der Waals surface area contributed by atoms with Gasteiger partial charge in [-0.15, -0.1) is 0 Å². The predicted octanol–water partition coefficient (Wildman–Crippen LogP) is -9.63. The number of nitrogens with one attached hydrogen (secondary N) is 10. The molecule has 0 bridgehead atoms. The van der Waals surface area contributed by atoms with Gasteiger partial charge in [0.2, 0.25) is 70.9 Å². The molecule has 464 valence electrons. The minimum atomic E-state index is -2.28. The third kappa shape index (κ3) is 30.5. The van der Waals surface area contributed by atoms with Crippen molar-refractivity contribution in [3.8, 4) is 0 Å². The van der Waals surface area contributed by atoms with Crippen molar-refractivity contribution in [1.82, 2.24) is 53.2 Å². The van der Waals surface area contributed by atoms with E-state index in [0.717, 1.165) is 13.8 Å². The predicted molar refractivity (Wildman–Crippen MR) is 271 cm³/mol. The third-order valence-electron chi connectivity index (χ3n) is 11.2. The summed E-state index contributed by atoms with van der Waals surface area (Å²) in [5.74, 6) is -25.7. The number of primary amides is 2. The molecule has 0 aromatic heterocycles. The van der Waals surface area contributed by atoms with Crippen LogP contribution in [0.2, 0.25) is 0 Å². The van der Waals surface area contributed by atoms with Gasteiger partial charge < -0.3 is 106 Å². The molecule has 83 heavy (non-hydrogen) atoms. The number of aliphatic carboxylic acids is 6. The fraction of sp³-hybridized carbons (Fsp3) is 0.600. The summed E-state index contributed by atoms with van der Waals surface area (Å²) in [7, 11) is 0. The first-order valence-corrected chi connectivity index (χ1v) is 24.8. The Morgan fingerprint density at radius 3 is 0.892 bits per heavy atom. The zero-order chi connectivity index (χ0) is 63.8. The average Bonchev–Trinajstić information content (AvgIpc) is 3.41. The van der Waals surface area contributed by atoms with Crippen molar-refractivity contribution in [1.29, 1.82) is 0 Å². The van der Waals surface area contributed by atoms with Crippen LogP contribution in [0, 0.1) is 0 Å². The number of carbonyl (C=O) groups is 18. The highest BCUT2D eigenvalue weighted by atomic mass is 16.4. The first kappa shape index (κ1) is 73.4. The number of amides is 12. The van der Waals surface area contributed by atoms with E-state index in [1.807, 2.05) is 37.2 Å². The van der Waals surface area contributed by atoms with Crippen LogP contribution in [0.5, 0.6) is 0 Å². The van der Waals surface area contributed by atoms with Crippen LogP contribution < -0.4 is 70.4 Å². The van der Waals surface area contributed by atoms with Crippen LogP contribution in [-0.2, 0) is 86.3 Å². The molecule has 0 aromatic carbocycles. The molecule has 0 radical (unpaired) electrons. The van der Waals surface area contributed by atoms with Crippen LogP contribution in [0.25, 0.3) is 0 Å². The highest BCUT2D eigenvalue weighted by molar-refractivity contribution is 6.01. The van der Waals surface area contributed by atoms with Crippen LogP contribution in [0.1, 0.15) is 97.3 Å². The number of unbranched alkanes of at least 4 members (excludes halogenated alkanes) is 1. The number of carboxylic acid groups (broad SMARTS) is 6. The summed E-state index contributed by atoms with van der Waals surface area (Å²) in [6, 6.07) is -19.4. The molecular formula is C45H69N13O25. The molecule has 0 rings (SSSR count). The lowest BCUT2D eigenvalue weighted by molar-refractivity contribution is -0.143. The lowest BCUT2D eigenvalue weighted by Crippen LogP contribution is -2.61. The Hall–Kier alpha value is -9.62. The van der Waals surface area contributed by atoms with Gasteiger partial charge in [0.15, 0.2) is 0 Å². The van der Waals surface area contributed by atoms with Gasteiger partial charge in [-0.05, 0) is 52.0 Å². The molecule has 0 unspecified atom stereocenters. The Kier molecular flexibility index (Phi) is 33.0. The Labute approximate surface area is 469 Å². The molecule has 0 fully saturated rings. The molecule has 0 spiro atoms. The van der Waals surface area contributed by atoms with Gasteiger partial charge in [0.25, 0.3) is 0 Å². The first-order chi connectivity index (χ1) is 38.6. The number of hydrogen-bond donors (Lipinski definition) is 20. The monoisotopic (exact) mass is 1190 g/mol. The number of nitrogens with two attached hydrogens (primary N) is 3. The summed E-state index contributed by atoms with van der Waals surface area (Å²) < 4.78 is 0. The summed E-state index contributed by atoms with van der Waals surface area (Å²) in [6.07, 6.45) is -9.85. The van der Waals surface area contributed by atoms with Gasteiger partial charge in [0.05, 0.1) is 32.3 Å². The molecule has 0 aliphatic rings. The Bertz CT molecular complexity index is 2430. The fourth-order valence-electron chi connectivity index (χ4n) is 6.94. The Morgan fingerprint density at radius 1 is 0.349 bits per heavy atom. The maximum atomic E-state index is 13.9. The molecule has 38 heteroatoms. The second-order valence-electron chi connectivity index (χ2n) is 18.1. The van der Waals surface area contributed by atoms with E-state index in [1.165, 1.54) is 0 Å². The van der Waals surface area contributed by atoms with Crippen LogP contribution in [0.15, 0.2) is 0 Å². The average molecular weight is 1190 g/mol. The number of carbonyl (C=O) groups excluding carboxylic acids is 12. The van der Waals surface area contributed by atoms with Crippen LogP contribution in [0.3, 0.4) is 0 Å². The van der Waals surface area contributed by atoms with E-state index in [0.29, 0.717) is 0 Å². The van der Waals surface area contributed by atoms with Crippen molar-refractivity contribution in [2.75, 3.05) is 13.2 Å². The highest BCUT2D eigenvalue weighted by Gasteiger charge is 2.37. The van der Waals surface area contributed by atoms with E-state index < -0.39 is 244 Å². The molecule has 0 saturated heterocycles. The Balaban J connectivity index is 6.94. The number of hydrogen-bond acceptors (Lipinski definition) is 20. The van der Waals surface area contributed by atoms with Gasteiger partial charge in [0.1, 0.15) is 60.4 Å². The van der Waals surface area contributed by atoms with Gasteiger partial charge in [0, 0.05) is 26.2 Å². The highest BCUT2D eigenvalue weighted by Crippen LogP contribution is 2.10. The summed E-state index contributed by atoms with van der Waals surface area (Å²) in [5.41, 5.74) is 16.1. The van der Waals surface area contributed by atoms with Gasteiger partial charge in [-0.25, -0.2) is 0 Å². The van der Waals surface area contributed by atoms with Crippen molar-refractivity contribution in [3.63, 3.8) is 0 Å². The molecule has 12 amide bonds. The molecule has 0 saturated carbocycles. The van der Waals surface area contributed by atoms with Gasteiger partial charge in [-0.3, -0.25) is 86.3 Å². The smallest absolute Gasteiger partial charge is 0.305 e. The number of carboxylic acids is 6. The van der Waals surface area contributed by atoms with Crippen LogP contribution >= 0.6 is 0 Å². The van der Waals surface area contributed by atoms with Crippen LogP contribution in [-0.4, -0.2) is 216 Å². The normalized spacial score (nSPS) is 14.3. The lowest BCUT2D eigenvalue weighted by Gasteiger charge is -2.27. The van der Waals surface area contributed by atoms with E-state index in [4.69, 9.17) is 22.3 Å². The largest absolute Gasteiger partial charge is 0.481 e. The number of aliphatic hydroxyl groups is 1. The second kappa shape index (κ2) is 37.3. The standard InChI is InChI=1S/C45H69N13O25/c1-18(36(48)74)49-37(75)21(6-9-30(62)63)52-39(77)22(7-10-31(64)65)53-43(81)26(15-34(70)71)56-38(76)20(5-3-4-12-46)51-41(79)24(13-29(47)61)55-44(82)27(16-35(72)73)57-40(78)23(8-11-32(66)67)54-45(83)28(17-59)58-42(80)25(14-33(68)69)50-19(2)60/h18,20-28,59H,3-17,46H2,1-2H3,(H2,47,61)(H2,48,74)(H,49,75)(H,50,60)(H,51,79)(H,52,77)(H,53,81)(H,54,83)(H,55,82)(H,56,76)(H,57,78)(H,58,80)(H,62,63)(H,64,65)(H,66,67)(H,68,69)(H,70,71)(H,72,73)/t18-,20-,21-,22-,23-,24-,25-,26-,27-,28-/m1/s1. The molecule has 0 aliphatic carbocycles. The third-order valence-corrected chi connectivity index (χ3v) is 11.2. The van der Waals surface area contributed by atoms with Crippen molar-refractivity contribution in [3.05, 3.63) is 0 Å². The quantitative estimate of drug-likeness (QED) is 0.0252. The van der Waals surface area contributed by atoms with E-state index in [2.05, 4.69) is 16.0 Å². The van der Waals surface area contributed by atoms with E-state index in [9.17, 15) is 117 Å². The topological polar surface area (TPSA) is 647 Å². The summed E-state index contributed by atoms with van der Waals surface area (Å²) in [4.78, 5) is 226. The molecule has 0 aromatic rings. The van der Waals surface area contributed by atoms with Crippen molar-refractivity contribution in [2.24, 2.45) is 17.2 Å². The maximum absolute atomic E-state index is 13.9. The summed E-state index contributed by atoms with van der Waals surface area (Å²) >= 11 is 0. The molecule has 0 heterocycles. The molecule has 38 nitrogen and oxygen atoms in total. The summed E-state index contributed by atoms with van der Waals surface area (Å²) in [5, 5.41) is 86.6. The van der Waals surface area contributed by atoms with E-state index in [1.54, 1.807) is 0 Å². The van der Waals surface area contributed by atoms with Gasteiger partial charge in [-0.1, -0.05) is 0 Å². The molecule has 23 N–H and O–H groups in total. The minimum Gasteiger partial charge on any atom is -0.481 e. The second-order valence-corrected chi connectivity index (χ2v) is 18.1. The molecular weight excluding hydrogens is 1120 g/mol. The first-order valence-electron chi connectivity index (χ1n) is 24.8. The molecule has 10 atom stereocenters. The maximum Gasteiger partial charge on any atom is 0.305 e. The Morgan fingerprint density at radius 2 is 0.614 bits per heavy atom. The van der Waals surface area contributed by atoms with Crippen LogP contribution in [0.4, 0.5) is 0 Å². The summed E-state index contributed by atoms with van der Waals surface area (Å²) in [6.45, 7) is 0.801. The lowest BCUT2D eigenvalue weighted by atomic mass is 10.0. The molecule has 0 aliphatic heterocycles. The van der Waals surface area contributed by atoms with Crippen molar-refractivity contribution >= 4 is 107 Å². The zero-order valence-corrected chi connectivity index (χ0v) is 44.6. The number of aliphatic hydroxyl groups excluding tert-OH is 1.